The van der Waals surface area contributed by atoms with Crippen LogP contribution in [0.5, 0.6) is 0 Å². The largest absolute Gasteiger partial charge is 0.264 e. The molecule has 0 saturated heterocycles. The maximum atomic E-state index is 4.40. The summed E-state index contributed by atoms with van der Waals surface area (Å²) in [5.74, 6) is 0. The van der Waals surface area contributed by atoms with Gasteiger partial charge in [0.25, 0.3) is 0 Å². The van der Waals surface area contributed by atoms with E-state index in [4.69, 9.17) is 0 Å². The van der Waals surface area contributed by atoms with Crippen LogP contribution in [0.25, 0.3) is 55.3 Å². The normalized spacial score (nSPS) is 10.9. The van der Waals surface area contributed by atoms with Gasteiger partial charge in [-0.25, -0.2) is 0 Å². The zero-order valence-corrected chi connectivity index (χ0v) is 18.3. The van der Waals surface area contributed by atoms with E-state index < -0.39 is 0 Å². The molecule has 4 heteroatoms. The maximum absolute atomic E-state index is 4.40. The molecular weight excluding hydrogens is 416 g/mol. The van der Waals surface area contributed by atoms with E-state index in [9.17, 15) is 0 Å². The van der Waals surface area contributed by atoms with Gasteiger partial charge in [-0.1, -0.05) is 24.3 Å². The van der Waals surface area contributed by atoms with Gasteiger partial charge in [-0.3, -0.25) is 19.9 Å². The quantitative estimate of drug-likeness (QED) is 0.296. The molecule has 4 aromatic heterocycles. The molecule has 0 aliphatic carbocycles. The first-order valence-electron chi connectivity index (χ1n) is 11.1. The third kappa shape index (κ3) is 3.71. The molecule has 4 heterocycles. The zero-order chi connectivity index (χ0) is 22.7. The Bertz CT molecular complexity index is 1440. The number of benzene rings is 2. The predicted molar refractivity (Wildman–Crippen MR) is 137 cm³/mol. The van der Waals surface area contributed by atoms with Crippen molar-refractivity contribution in [2.75, 3.05) is 0 Å². The van der Waals surface area contributed by atoms with E-state index in [1.807, 2.05) is 49.1 Å². The number of nitrogens with zero attached hydrogens (tertiary/aromatic N) is 4. The number of pyridine rings is 4. The molecule has 0 amide bonds. The van der Waals surface area contributed by atoms with Gasteiger partial charge >= 0.3 is 0 Å². The standard InChI is InChI=1S/C30H20N4/c1-5-21(17-31-9-1)25-13-27(23-7-3-11-33-19-23)30-16-26(22-6-2-10-32-18-22)14-28(29(30)15-25)24-8-4-12-34-20-24/h1-20H. The highest BCUT2D eigenvalue weighted by molar-refractivity contribution is 6.08. The molecule has 0 bridgehead atoms. The summed E-state index contributed by atoms with van der Waals surface area (Å²) in [7, 11) is 0. The van der Waals surface area contributed by atoms with Crippen molar-refractivity contribution in [1.82, 2.24) is 19.9 Å². The SMILES string of the molecule is c1cncc(-c2cc(-c3cccnc3)c3cc(-c4cccnc4)cc(-c4cccnc4)c3c2)c1. The third-order valence-corrected chi connectivity index (χ3v) is 6.00. The summed E-state index contributed by atoms with van der Waals surface area (Å²) in [5.41, 5.74) is 8.75. The van der Waals surface area contributed by atoms with Gasteiger partial charge in [0.2, 0.25) is 0 Å². The molecule has 0 N–H and O–H groups in total. The molecule has 0 aliphatic rings. The fraction of sp³-hybridized carbons (Fsp3) is 0. The molecule has 4 nitrogen and oxygen atoms in total. The van der Waals surface area contributed by atoms with Crippen LogP contribution in [0.15, 0.2) is 122 Å². The maximum Gasteiger partial charge on any atom is 0.0346 e. The summed E-state index contributed by atoms with van der Waals surface area (Å²) in [4.78, 5) is 17.5. The highest BCUT2D eigenvalue weighted by atomic mass is 14.6. The number of fused-ring (bicyclic) bond motifs is 1. The van der Waals surface area contributed by atoms with Gasteiger partial charge in [0.1, 0.15) is 0 Å². The molecule has 2 aromatic carbocycles. The number of rotatable bonds is 4. The average molecular weight is 437 g/mol. The Balaban J connectivity index is 1.73. The van der Waals surface area contributed by atoms with E-state index in [0.29, 0.717) is 0 Å². The van der Waals surface area contributed by atoms with Crippen molar-refractivity contribution in [3.63, 3.8) is 0 Å². The second kappa shape index (κ2) is 8.68. The van der Waals surface area contributed by atoms with Crippen LogP contribution in [-0.2, 0) is 0 Å². The predicted octanol–water partition coefficient (Wildman–Crippen LogP) is 7.09. The van der Waals surface area contributed by atoms with Crippen LogP contribution in [0.4, 0.5) is 0 Å². The number of hydrogen-bond donors (Lipinski definition) is 0. The van der Waals surface area contributed by atoms with Crippen LogP contribution in [-0.4, -0.2) is 19.9 Å². The van der Waals surface area contributed by atoms with Crippen molar-refractivity contribution in [3.8, 4) is 44.5 Å². The molecule has 0 atom stereocenters. The third-order valence-electron chi connectivity index (χ3n) is 6.00. The van der Waals surface area contributed by atoms with Crippen molar-refractivity contribution in [1.29, 1.82) is 0 Å². The first-order chi connectivity index (χ1) is 16.9. The Labute approximate surface area is 197 Å². The van der Waals surface area contributed by atoms with Gasteiger partial charge in [-0.2, -0.15) is 0 Å². The first-order valence-corrected chi connectivity index (χ1v) is 11.1. The summed E-state index contributed by atoms with van der Waals surface area (Å²) in [6, 6.07) is 25.3. The Morgan fingerprint density at radius 1 is 0.353 bits per heavy atom. The monoisotopic (exact) mass is 436 g/mol. The molecule has 160 valence electrons. The lowest BCUT2D eigenvalue weighted by Gasteiger charge is -2.16. The minimum absolute atomic E-state index is 1.07. The molecule has 0 aliphatic heterocycles. The summed E-state index contributed by atoms with van der Waals surface area (Å²) in [6.45, 7) is 0. The Morgan fingerprint density at radius 3 is 1.03 bits per heavy atom. The molecule has 0 unspecified atom stereocenters. The second-order valence-electron chi connectivity index (χ2n) is 8.11. The molecule has 0 radical (unpaired) electrons. The summed E-state index contributed by atoms with van der Waals surface area (Å²) in [6.07, 6.45) is 14.9. The molecular formula is C30H20N4. The van der Waals surface area contributed by atoms with E-state index in [2.05, 4.69) is 68.5 Å². The molecule has 6 aromatic rings. The van der Waals surface area contributed by atoms with E-state index in [1.54, 1.807) is 24.8 Å². The van der Waals surface area contributed by atoms with Crippen LogP contribution in [0.3, 0.4) is 0 Å². The van der Waals surface area contributed by atoms with Crippen LogP contribution in [0.1, 0.15) is 0 Å². The molecule has 34 heavy (non-hydrogen) atoms. The smallest absolute Gasteiger partial charge is 0.0346 e. The van der Waals surface area contributed by atoms with E-state index in [1.165, 1.54) is 0 Å². The lowest BCUT2D eigenvalue weighted by molar-refractivity contribution is 1.32. The fourth-order valence-electron chi connectivity index (χ4n) is 4.38. The number of aromatic nitrogens is 4. The van der Waals surface area contributed by atoms with Crippen molar-refractivity contribution < 1.29 is 0 Å². The van der Waals surface area contributed by atoms with Crippen LogP contribution in [0, 0.1) is 0 Å². The van der Waals surface area contributed by atoms with Gasteiger partial charge in [0.05, 0.1) is 0 Å². The summed E-state index contributed by atoms with van der Waals surface area (Å²) >= 11 is 0. The van der Waals surface area contributed by atoms with Crippen molar-refractivity contribution in [3.05, 3.63) is 122 Å². The Hall–Kier alpha value is -4.70. The van der Waals surface area contributed by atoms with Crippen LogP contribution < -0.4 is 0 Å². The van der Waals surface area contributed by atoms with E-state index in [0.717, 1.165) is 55.3 Å². The van der Waals surface area contributed by atoms with Crippen molar-refractivity contribution in [2.24, 2.45) is 0 Å². The van der Waals surface area contributed by atoms with Gasteiger partial charge in [0, 0.05) is 71.8 Å². The van der Waals surface area contributed by atoms with E-state index >= 15 is 0 Å². The lowest BCUT2D eigenvalue weighted by Crippen LogP contribution is -1.91. The van der Waals surface area contributed by atoms with Crippen molar-refractivity contribution in [2.45, 2.75) is 0 Å². The first kappa shape index (κ1) is 19.9. The molecule has 0 saturated carbocycles. The Morgan fingerprint density at radius 2 is 0.706 bits per heavy atom. The van der Waals surface area contributed by atoms with Crippen molar-refractivity contribution >= 4 is 10.8 Å². The van der Waals surface area contributed by atoms with Gasteiger partial charge < -0.3 is 0 Å². The van der Waals surface area contributed by atoms with Crippen LogP contribution >= 0.6 is 0 Å². The Kier molecular flexibility index (Phi) is 5.09. The summed E-state index contributed by atoms with van der Waals surface area (Å²) in [5, 5.41) is 2.31. The van der Waals surface area contributed by atoms with Gasteiger partial charge in [-0.15, -0.1) is 0 Å². The number of hydrogen-bond acceptors (Lipinski definition) is 4. The minimum Gasteiger partial charge on any atom is -0.264 e. The zero-order valence-electron chi connectivity index (χ0n) is 18.3. The molecule has 6 rings (SSSR count). The average Bonchev–Trinajstić information content (AvgIpc) is 2.94. The summed E-state index contributed by atoms with van der Waals surface area (Å²) < 4.78 is 0. The lowest BCUT2D eigenvalue weighted by atomic mass is 9.88. The topological polar surface area (TPSA) is 51.6 Å². The minimum atomic E-state index is 1.07. The highest BCUT2D eigenvalue weighted by Gasteiger charge is 2.15. The molecule has 0 fully saturated rings. The second-order valence-corrected chi connectivity index (χ2v) is 8.11. The highest BCUT2D eigenvalue weighted by Crippen LogP contribution is 2.41. The van der Waals surface area contributed by atoms with E-state index in [-0.39, 0.29) is 0 Å². The fourth-order valence-corrected chi connectivity index (χ4v) is 4.38. The van der Waals surface area contributed by atoms with Gasteiger partial charge in [0.15, 0.2) is 0 Å². The van der Waals surface area contributed by atoms with Gasteiger partial charge in [-0.05, 0) is 81.6 Å². The van der Waals surface area contributed by atoms with Crippen LogP contribution in [0.2, 0.25) is 0 Å². The molecule has 0 spiro atoms.